The lowest BCUT2D eigenvalue weighted by Crippen LogP contribution is -2.41. The fraction of sp³-hybridized carbons (Fsp3) is 0.583. The van der Waals surface area contributed by atoms with E-state index in [0.29, 0.717) is 38.6 Å². The third-order valence-corrected chi connectivity index (χ3v) is 5.05. The number of hydrogen-bond acceptors (Lipinski definition) is 4. The number of guanidine groups is 1. The summed E-state index contributed by atoms with van der Waals surface area (Å²) in [5.74, 6) is 1.70. The fourth-order valence-electron chi connectivity index (χ4n) is 2.05. The molecule has 0 bridgehead atoms. The van der Waals surface area contributed by atoms with Crippen LogP contribution in [0.25, 0.3) is 0 Å². The van der Waals surface area contributed by atoms with Crippen molar-refractivity contribution in [1.29, 1.82) is 0 Å². The molecule has 0 saturated carbocycles. The fourth-order valence-corrected chi connectivity index (χ4v) is 3.57. The highest BCUT2D eigenvalue weighted by atomic mass is 32.2. The molecule has 1 aromatic rings. The van der Waals surface area contributed by atoms with Crippen molar-refractivity contribution in [3.63, 3.8) is 0 Å². The summed E-state index contributed by atoms with van der Waals surface area (Å²) >= 11 is 0. The molecular formula is C12H20N4O3S. The molecule has 0 unspecified atom stereocenters. The molecule has 1 aliphatic heterocycles. The van der Waals surface area contributed by atoms with Crippen LogP contribution in [0.1, 0.15) is 12.2 Å². The standard InChI is InChI=1S/C12H20N4O3S/c1-13-12(15-10-11-4-2-8-19-11)14-5-7-16-6-3-9-20(16,17)18/h2,4,8H,3,5-7,9-10H2,1H3,(H2,13,14,15). The molecule has 7 nitrogen and oxygen atoms in total. The number of nitrogens with zero attached hydrogens (tertiary/aromatic N) is 2. The average Bonchev–Trinajstić information content (AvgIpc) is 3.03. The lowest BCUT2D eigenvalue weighted by molar-refractivity contribution is 0.444. The Morgan fingerprint density at radius 1 is 1.50 bits per heavy atom. The first-order chi connectivity index (χ1) is 9.62. The molecule has 1 saturated heterocycles. The van der Waals surface area contributed by atoms with Crippen molar-refractivity contribution in [2.24, 2.45) is 4.99 Å². The molecule has 2 rings (SSSR count). The Bertz CT molecular complexity index is 539. The first-order valence-corrected chi connectivity index (χ1v) is 8.17. The van der Waals surface area contributed by atoms with Gasteiger partial charge in [-0.15, -0.1) is 0 Å². The van der Waals surface area contributed by atoms with Gasteiger partial charge in [0.25, 0.3) is 0 Å². The Labute approximate surface area is 119 Å². The zero-order chi connectivity index (χ0) is 14.4. The maximum atomic E-state index is 11.6. The van der Waals surface area contributed by atoms with Crippen LogP contribution in [0, 0.1) is 0 Å². The Hall–Kier alpha value is -1.54. The number of hydrogen-bond donors (Lipinski definition) is 2. The second-order valence-electron chi connectivity index (χ2n) is 4.50. The molecule has 1 aliphatic rings. The average molecular weight is 300 g/mol. The molecule has 8 heteroatoms. The molecule has 0 spiro atoms. The maximum Gasteiger partial charge on any atom is 0.214 e. The summed E-state index contributed by atoms with van der Waals surface area (Å²) in [4.78, 5) is 4.07. The van der Waals surface area contributed by atoms with Crippen molar-refractivity contribution in [1.82, 2.24) is 14.9 Å². The van der Waals surface area contributed by atoms with E-state index < -0.39 is 10.0 Å². The Balaban J connectivity index is 1.72. The lowest BCUT2D eigenvalue weighted by Gasteiger charge is -2.16. The van der Waals surface area contributed by atoms with Crippen molar-refractivity contribution in [2.45, 2.75) is 13.0 Å². The first kappa shape index (κ1) is 14.9. The second-order valence-corrected chi connectivity index (χ2v) is 6.59. The molecule has 1 aromatic heterocycles. The minimum absolute atomic E-state index is 0.262. The molecule has 0 amide bonds. The monoisotopic (exact) mass is 300 g/mol. The van der Waals surface area contributed by atoms with Gasteiger partial charge in [-0.3, -0.25) is 4.99 Å². The van der Waals surface area contributed by atoms with Gasteiger partial charge < -0.3 is 15.1 Å². The zero-order valence-electron chi connectivity index (χ0n) is 11.5. The van der Waals surface area contributed by atoms with E-state index in [1.165, 1.54) is 4.31 Å². The molecular weight excluding hydrogens is 280 g/mol. The Morgan fingerprint density at radius 3 is 2.95 bits per heavy atom. The molecule has 0 radical (unpaired) electrons. The number of rotatable bonds is 5. The van der Waals surface area contributed by atoms with Crippen LogP contribution in [0.15, 0.2) is 27.8 Å². The summed E-state index contributed by atoms with van der Waals surface area (Å²) in [5, 5.41) is 6.18. The molecule has 1 fully saturated rings. The van der Waals surface area contributed by atoms with Crippen LogP contribution in [-0.2, 0) is 16.6 Å². The SMILES string of the molecule is CN=C(NCCN1CCCS1(=O)=O)NCc1ccco1. The summed E-state index contributed by atoms with van der Waals surface area (Å²) in [6.07, 6.45) is 2.33. The van der Waals surface area contributed by atoms with Gasteiger partial charge >= 0.3 is 0 Å². The van der Waals surface area contributed by atoms with Crippen molar-refractivity contribution >= 4 is 16.0 Å². The predicted octanol–water partition coefficient (Wildman–Crippen LogP) is -0.0199. The van der Waals surface area contributed by atoms with E-state index in [0.717, 1.165) is 5.76 Å². The molecule has 20 heavy (non-hydrogen) atoms. The lowest BCUT2D eigenvalue weighted by atomic mass is 10.4. The van der Waals surface area contributed by atoms with Crippen LogP contribution >= 0.6 is 0 Å². The molecule has 0 atom stereocenters. The normalized spacial score (nSPS) is 19.1. The van der Waals surface area contributed by atoms with Gasteiger partial charge in [-0.1, -0.05) is 0 Å². The highest BCUT2D eigenvalue weighted by Crippen LogP contribution is 2.11. The Morgan fingerprint density at radius 2 is 2.35 bits per heavy atom. The van der Waals surface area contributed by atoms with Gasteiger partial charge in [-0.2, -0.15) is 0 Å². The summed E-state index contributed by atoms with van der Waals surface area (Å²) in [6.45, 7) is 2.14. The zero-order valence-corrected chi connectivity index (χ0v) is 12.3. The second kappa shape index (κ2) is 6.76. The van der Waals surface area contributed by atoms with E-state index in [1.54, 1.807) is 13.3 Å². The van der Waals surface area contributed by atoms with Crippen molar-refractivity contribution in [3.8, 4) is 0 Å². The highest BCUT2D eigenvalue weighted by molar-refractivity contribution is 7.89. The highest BCUT2D eigenvalue weighted by Gasteiger charge is 2.27. The van der Waals surface area contributed by atoms with Crippen LogP contribution in [0.3, 0.4) is 0 Å². The number of aliphatic imine (C=N–C) groups is 1. The first-order valence-electron chi connectivity index (χ1n) is 6.56. The largest absolute Gasteiger partial charge is 0.467 e. The summed E-state index contributed by atoms with van der Waals surface area (Å²) < 4.78 is 30.0. The Kier molecular flexibility index (Phi) is 5.02. The van der Waals surface area contributed by atoms with Crippen LogP contribution < -0.4 is 10.6 Å². The number of furan rings is 1. The topological polar surface area (TPSA) is 86.9 Å². The third kappa shape index (κ3) is 3.97. The van der Waals surface area contributed by atoms with E-state index in [-0.39, 0.29) is 5.75 Å². The molecule has 2 N–H and O–H groups in total. The van der Waals surface area contributed by atoms with Crippen molar-refractivity contribution in [2.75, 3.05) is 32.4 Å². The summed E-state index contributed by atoms with van der Waals surface area (Å²) in [5.41, 5.74) is 0. The predicted molar refractivity (Wildman–Crippen MR) is 76.9 cm³/mol. The molecule has 2 heterocycles. The van der Waals surface area contributed by atoms with Gasteiger partial charge in [0.15, 0.2) is 5.96 Å². The van der Waals surface area contributed by atoms with Gasteiger partial charge in [0, 0.05) is 26.7 Å². The smallest absolute Gasteiger partial charge is 0.214 e. The van der Waals surface area contributed by atoms with Gasteiger partial charge in [0.2, 0.25) is 10.0 Å². The van der Waals surface area contributed by atoms with E-state index in [2.05, 4.69) is 15.6 Å². The van der Waals surface area contributed by atoms with E-state index in [9.17, 15) is 8.42 Å². The van der Waals surface area contributed by atoms with Gasteiger partial charge in [0.1, 0.15) is 5.76 Å². The number of sulfonamides is 1. The van der Waals surface area contributed by atoms with Crippen molar-refractivity contribution < 1.29 is 12.8 Å². The number of nitrogens with one attached hydrogen (secondary N) is 2. The van der Waals surface area contributed by atoms with Gasteiger partial charge in [0.05, 0.1) is 18.6 Å². The minimum Gasteiger partial charge on any atom is -0.467 e. The van der Waals surface area contributed by atoms with Crippen LogP contribution in [0.5, 0.6) is 0 Å². The summed E-state index contributed by atoms with van der Waals surface area (Å²) in [6, 6.07) is 3.70. The van der Waals surface area contributed by atoms with Crippen LogP contribution in [0.4, 0.5) is 0 Å². The van der Waals surface area contributed by atoms with Crippen molar-refractivity contribution in [3.05, 3.63) is 24.2 Å². The molecule has 0 aliphatic carbocycles. The minimum atomic E-state index is -3.02. The molecule has 0 aromatic carbocycles. The quantitative estimate of drug-likeness (QED) is 0.589. The van der Waals surface area contributed by atoms with E-state index in [4.69, 9.17) is 4.42 Å². The maximum absolute atomic E-state index is 11.6. The van der Waals surface area contributed by atoms with E-state index >= 15 is 0 Å². The van der Waals surface area contributed by atoms with Crippen LogP contribution in [-0.4, -0.2) is 51.1 Å². The van der Waals surface area contributed by atoms with Crippen LogP contribution in [0.2, 0.25) is 0 Å². The summed E-state index contributed by atoms with van der Waals surface area (Å²) in [7, 11) is -1.35. The van der Waals surface area contributed by atoms with Gasteiger partial charge in [-0.05, 0) is 18.6 Å². The molecule has 112 valence electrons. The van der Waals surface area contributed by atoms with E-state index in [1.807, 2.05) is 12.1 Å². The third-order valence-electron chi connectivity index (χ3n) is 3.09. The van der Waals surface area contributed by atoms with Gasteiger partial charge in [-0.25, -0.2) is 12.7 Å².